The maximum Gasteiger partial charge on any atom is 0.191 e. The summed E-state index contributed by atoms with van der Waals surface area (Å²) in [7, 11) is 0. The lowest BCUT2D eigenvalue weighted by Gasteiger charge is -2.10. The van der Waals surface area contributed by atoms with E-state index >= 15 is 0 Å². The number of halogens is 1. The molecule has 27 heavy (non-hydrogen) atoms. The average molecular weight is 383 g/mol. The molecule has 0 aliphatic heterocycles. The second-order valence-electron chi connectivity index (χ2n) is 6.33. The molecule has 0 radical (unpaired) electrons. The molecule has 0 unspecified atom stereocenters. The van der Waals surface area contributed by atoms with Crippen LogP contribution < -0.4 is 4.74 Å². The summed E-state index contributed by atoms with van der Waals surface area (Å²) < 4.78 is 20.9. The van der Waals surface area contributed by atoms with Crippen molar-refractivity contribution in [2.24, 2.45) is 0 Å². The number of thioether (sulfide) groups is 1. The Bertz CT molecular complexity index is 901. The highest BCUT2D eigenvalue weighted by atomic mass is 32.2. The molecule has 0 saturated carbocycles. The molecule has 3 rings (SSSR count). The summed E-state index contributed by atoms with van der Waals surface area (Å²) in [6.07, 6.45) is 1.81. The lowest BCUT2D eigenvalue weighted by molar-refractivity contribution is 0.289. The van der Waals surface area contributed by atoms with Gasteiger partial charge in [0.2, 0.25) is 0 Å². The SMILES string of the molecule is C=CCn1c(COc2cc(C)cc(C)c2)nnc1SCc1ccc(F)cc1. The summed E-state index contributed by atoms with van der Waals surface area (Å²) in [6.45, 7) is 8.85. The van der Waals surface area contributed by atoms with Crippen molar-refractivity contribution in [3.63, 3.8) is 0 Å². The number of nitrogens with zero attached hydrogens (tertiary/aromatic N) is 3. The first-order chi connectivity index (χ1) is 13.0. The quantitative estimate of drug-likeness (QED) is 0.401. The number of rotatable bonds is 8. The summed E-state index contributed by atoms with van der Waals surface area (Å²) in [5.41, 5.74) is 3.35. The van der Waals surface area contributed by atoms with E-state index in [1.54, 1.807) is 23.9 Å². The molecule has 0 bridgehead atoms. The van der Waals surface area contributed by atoms with Crippen molar-refractivity contribution < 1.29 is 9.13 Å². The van der Waals surface area contributed by atoms with Crippen LogP contribution in [0.2, 0.25) is 0 Å². The fraction of sp³-hybridized carbons (Fsp3) is 0.238. The van der Waals surface area contributed by atoms with E-state index in [1.165, 1.54) is 12.1 Å². The number of hydrogen-bond acceptors (Lipinski definition) is 4. The van der Waals surface area contributed by atoms with Crippen molar-refractivity contribution in [2.75, 3.05) is 0 Å². The van der Waals surface area contributed by atoms with Crippen molar-refractivity contribution in [3.8, 4) is 5.75 Å². The highest BCUT2D eigenvalue weighted by molar-refractivity contribution is 7.98. The molecule has 4 nitrogen and oxygen atoms in total. The molecule has 0 saturated heterocycles. The standard InChI is InChI=1S/C21H22FN3OS/c1-4-9-25-20(13-26-19-11-15(2)10-16(3)12-19)23-24-21(25)27-14-17-5-7-18(22)8-6-17/h4-8,10-12H,1,9,13-14H2,2-3H3. The monoisotopic (exact) mass is 383 g/mol. The van der Waals surface area contributed by atoms with Gasteiger partial charge in [-0.2, -0.15) is 0 Å². The Morgan fingerprint density at radius 3 is 2.48 bits per heavy atom. The van der Waals surface area contributed by atoms with Gasteiger partial charge in [-0.1, -0.05) is 36.0 Å². The van der Waals surface area contributed by atoms with E-state index < -0.39 is 0 Å². The number of hydrogen-bond donors (Lipinski definition) is 0. The lowest BCUT2D eigenvalue weighted by atomic mass is 10.1. The van der Waals surface area contributed by atoms with Crippen molar-refractivity contribution in [1.29, 1.82) is 0 Å². The summed E-state index contributed by atoms with van der Waals surface area (Å²) in [5, 5.41) is 9.36. The maximum atomic E-state index is 13.0. The van der Waals surface area contributed by atoms with Crippen molar-refractivity contribution in [3.05, 3.63) is 83.5 Å². The summed E-state index contributed by atoms with van der Waals surface area (Å²) in [4.78, 5) is 0. The molecule has 0 spiro atoms. The van der Waals surface area contributed by atoms with E-state index in [9.17, 15) is 4.39 Å². The molecule has 2 aromatic carbocycles. The van der Waals surface area contributed by atoms with Gasteiger partial charge >= 0.3 is 0 Å². The van der Waals surface area contributed by atoms with Crippen LogP contribution in [-0.4, -0.2) is 14.8 Å². The van der Waals surface area contributed by atoms with Crippen LogP contribution in [0.3, 0.4) is 0 Å². The van der Waals surface area contributed by atoms with Gasteiger partial charge in [0.25, 0.3) is 0 Å². The molecule has 0 aliphatic rings. The topological polar surface area (TPSA) is 39.9 Å². The normalized spacial score (nSPS) is 10.8. The van der Waals surface area contributed by atoms with Crippen molar-refractivity contribution >= 4 is 11.8 Å². The Hall–Kier alpha value is -2.60. The maximum absolute atomic E-state index is 13.0. The van der Waals surface area contributed by atoms with Gasteiger partial charge in [-0.3, -0.25) is 4.57 Å². The van der Waals surface area contributed by atoms with E-state index in [4.69, 9.17) is 4.74 Å². The predicted molar refractivity (Wildman–Crippen MR) is 106 cm³/mol. The van der Waals surface area contributed by atoms with Crippen molar-refractivity contribution in [1.82, 2.24) is 14.8 Å². The predicted octanol–water partition coefficient (Wildman–Crippen LogP) is 5.09. The largest absolute Gasteiger partial charge is 0.486 e. The first-order valence-corrected chi connectivity index (χ1v) is 9.65. The Balaban J connectivity index is 1.70. The van der Waals surface area contributed by atoms with Gasteiger partial charge < -0.3 is 4.74 Å². The molecular formula is C21H22FN3OS. The van der Waals surface area contributed by atoms with E-state index in [0.29, 0.717) is 18.9 Å². The summed E-state index contributed by atoms with van der Waals surface area (Å²) >= 11 is 1.56. The first-order valence-electron chi connectivity index (χ1n) is 8.66. The zero-order valence-electron chi connectivity index (χ0n) is 15.5. The van der Waals surface area contributed by atoms with Crippen LogP contribution in [0.5, 0.6) is 5.75 Å². The number of aryl methyl sites for hydroxylation is 2. The van der Waals surface area contributed by atoms with E-state index in [2.05, 4.69) is 22.8 Å². The van der Waals surface area contributed by atoms with Crippen LogP contribution in [0.15, 0.2) is 60.3 Å². The third kappa shape index (κ3) is 5.20. The Kier molecular flexibility index (Phi) is 6.29. The minimum atomic E-state index is -0.232. The molecule has 0 atom stereocenters. The smallest absolute Gasteiger partial charge is 0.191 e. The third-order valence-corrected chi connectivity index (χ3v) is 4.99. The third-order valence-electron chi connectivity index (χ3n) is 3.95. The van der Waals surface area contributed by atoms with Crippen LogP contribution in [0.1, 0.15) is 22.5 Å². The fourth-order valence-electron chi connectivity index (χ4n) is 2.74. The molecule has 6 heteroatoms. The number of aromatic nitrogens is 3. The minimum Gasteiger partial charge on any atom is -0.486 e. The summed E-state index contributed by atoms with van der Waals surface area (Å²) in [6, 6.07) is 12.6. The number of benzene rings is 2. The van der Waals surface area contributed by atoms with Crippen LogP contribution in [0.4, 0.5) is 4.39 Å². The molecular weight excluding hydrogens is 361 g/mol. The molecule has 0 fully saturated rings. The molecule has 0 N–H and O–H groups in total. The van der Waals surface area contributed by atoms with E-state index in [-0.39, 0.29) is 5.82 Å². The van der Waals surface area contributed by atoms with Gasteiger partial charge in [-0.05, 0) is 54.8 Å². The molecule has 3 aromatic rings. The highest BCUT2D eigenvalue weighted by Crippen LogP contribution is 2.23. The summed E-state index contributed by atoms with van der Waals surface area (Å²) in [5.74, 6) is 2.02. The van der Waals surface area contributed by atoms with Gasteiger partial charge in [0.1, 0.15) is 18.2 Å². The van der Waals surface area contributed by atoms with Gasteiger partial charge in [0.15, 0.2) is 11.0 Å². The van der Waals surface area contributed by atoms with Gasteiger partial charge in [0.05, 0.1) is 0 Å². The van der Waals surface area contributed by atoms with Crippen molar-refractivity contribution in [2.45, 2.75) is 37.9 Å². The van der Waals surface area contributed by atoms with E-state index in [1.807, 2.05) is 36.6 Å². The van der Waals surface area contributed by atoms with E-state index in [0.717, 1.165) is 33.4 Å². The molecule has 1 heterocycles. The number of allylic oxidation sites excluding steroid dienone is 1. The fourth-order valence-corrected chi connectivity index (χ4v) is 3.66. The lowest BCUT2D eigenvalue weighted by Crippen LogP contribution is -2.07. The Morgan fingerprint density at radius 2 is 1.81 bits per heavy atom. The zero-order chi connectivity index (χ0) is 19.2. The Morgan fingerprint density at radius 1 is 1.11 bits per heavy atom. The average Bonchev–Trinajstić information content (AvgIpc) is 3.01. The molecule has 0 amide bonds. The van der Waals surface area contributed by atoms with Gasteiger partial charge in [-0.25, -0.2) is 4.39 Å². The molecule has 140 valence electrons. The van der Waals surface area contributed by atoms with Gasteiger partial charge in [0, 0.05) is 12.3 Å². The van der Waals surface area contributed by atoms with Crippen LogP contribution in [0, 0.1) is 19.7 Å². The zero-order valence-corrected chi connectivity index (χ0v) is 16.3. The first kappa shape index (κ1) is 19.2. The van der Waals surface area contributed by atoms with Gasteiger partial charge in [-0.15, -0.1) is 16.8 Å². The van der Waals surface area contributed by atoms with Crippen LogP contribution in [-0.2, 0) is 18.9 Å². The number of ether oxygens (including phenoxy) is 1. The van der Waals surface area contributed by atoms with Crippen LogP contribution >= 0.6 is 11.8 Å². The highest BCUT2D eigenvalue weighted by Gasteiger charge is 2.13. The second-order valence-corrected chi connectivity index (χ2v) is 7.27. The molecule has 1 aromatic heterocycles. The minimum absolute atomic E-state index is 0.232. The second kappa shape index (κ2) is 8.86. The Labute approximate surface area is 163 Å². The van der Waals surface area contributed by atoms with Crippen LogP contribution in [0.25, 0.3) is 0 Å². The molecule has 0 aliphatic carbocycles.